The number of nitrogens with one attached hydrogen (secondary N) is 2. The van der Waals surface area contributed by atoms with Gasteiger partial charge < -0.3 is 9.84 Å². The highest BCUT2D eigenvalue weighted by Gasteiger charge is 2.23. The van der Waals surface area contributed by atoms with Gasteiger partial charge in [0.15, 0.2) is 5.76 Å². The van der Waals surface area contributed by atoms with E-state index in [2.05, 4.69) is 15.2 Å². The van der Waals surface area contributed by atoms with Gasteiger partial charge in [0, 0.05) is 23.5 Å². The number of rotatable bonds is 7. The Balaban J connectivity index is 1.67. The van der Waals surface area contributed by atoms with E-state index in [0.29, 0.717) is 16.0 Å². The second-order valence-corrected chi connectivity index (χ2v) is 8.26. The van der Waals surface area contributed by atoms with Crippen LogP contribution in [0.1, 0.15) is 29.0 Å². The van der Waals surface area contributed by atoms with E-state index in [1.165, 1.54) is 30.4 Å². The fourth-order valence-corrected chi connectivity index (χ4v) is 4.47. The van der Waals surface area contributed by atoms with Crippen molar-refractivity contribution in [1.29, 1.82) is 0 Å². The number of nitrogens with zero attached hydrogens (tertiary/aromatic N) is 1. The van der Waals surface area contributed by atoms with Crippen LogP contribution in [0.4, 0.5) is 0 Å². The van der Waals surface area contributed by atoms with Crippen LogP contribution >= 0.6 is 11.3 Å². The van der Waals surface area contributed by atoms with Crippen LogP contribution < -0.4 is 10.0 Å². The van der Waals surface area contributed by atoms with E-state index in [1.54, 1.807) is 12.1 Å². The topological polar surface area (TPSA) is 84.2 Å². The van der Waals surface area contributed by atoms with Crippen LogP contribution in [0.2, 0.25) is 0 Å². The molecule has 2 N–H and O–H groups in total. The summed E-state index contributed by atoms with van der Waals surface area (Å²) in [5.74, 6) is 0.488. The van der Waals surface area contributed by atoms with Crippen molar-refractivity contribution in [3.8, 4) is 0 Å². The molecule has 1 fully saturated rings. The van der Waals surface area contributed by atoms with E-state index in [0.717, 1.165) is 17.0 Å². The number of hydrogen-bond donors (Lipinski definition) is 2. The molecule has 8 heteroatoms. The SMILES string of the molecule is Cc1cc(S(=O)(=O)NCc2ccno2)sc1CNC1CC1. The zero-order valence-electron chi connectivity index (χ0n) is 11.6. The molecule has 0 aliphatic heterocycles. The van der Waals surface area contributed by atoms with Crippen LogP contribution in [0.5, 0.6) is 0 Å². The molecule has 0 unspecified atom stereocenters. The van der Waals surface area contributed by atoms with Crippen molar-refractivity contribution < 1.29 is 12.9 Å². The number of thiophene rings is 1. The van der Waals surface area contributed by atoms with Gasteiger partial charge in [0.2, 0.25) is 10.0 Å². The quantitative estimate of drug-likeness (QED) is 0.810. The Kier molecular flexibility index (Phi) is 4.12. The average Bonchev–Trinajstić information content (AvgIpc) is 2.98. The lowest BCUT2D eigenvalue weighted by molar-refractivity contribution is 0.380. The van der Waals surface area contributed by atoms with Gasteiger partial charge in [-0.05, 0) is 31.4 Å². The standard InChI is InChI=1S/C13H17N3O3S2/c1-9-6-13(20-12(9)8-14-10-2-3-10)21(17,18)16-7-11-4-5-15-19-11/h4-6,10,14,16H,2-3,7-8H2,1H3. The molecular weight excluding hydrogens is 310 g/mol. The van der Waals surface area contributed by atoms with E-state index >= 15 is 0 Å². The van der Waals surface area contributed by atoms with Crippen molar-refractivity contribution in [3.63, 3.8) is 0 Å². The molecule has 2 aromatic heterocycles. The smallest absolute Gasteiger partial charge is 0.250 e. The summed E-state index contributed by atoms with van der Waals surface area (Å²) < 4.78 is 32.3. The molecule has 1 aliphatic rings. The summed E-state index contributed by atoms with van der Waals surface area (Å²) in [6.07, 6.45) is 3.92. The number of sulfonamides is 1. The van der Waals surface area contributed by atoms with Crippen LogP contribution in [0.3, 0.4) is 0 Å². The molecule has 2 aromatic rings. The minimum atomic E-state index is -3.51. The Morgan fingerprint density at radius 1 is 1.43 bits per heavy atom. The van der Waals surface area contributed by atoms with Crippen LogP contribution in [0.15, 0.2) is 27.1 Å². The molecule has 0 amide bonds. The van der Waals surface area contributed by atoms with Gasteiger partial charge in [0.05, 0.1) is 12.7 Å². The maximum atomic E-state index is 12.3. The van der Waals surface area contributed by atoms with Crippen LogP contribution in [-0.2, 0) is 23.1 Å². The Labute approximate surface area is 127 Å². The molecule has 0 aromatic carbocycles. The first kappa shape index (κ1) is 14.7. The van der Waals surface area contributed by atoms with Gasteiger partial charge in [0.1, 0.15) is 4.21 Å². The zero-order valence-corrected chi connectivity index (χ0v) is 13.3. The lowest BCUT2D eigenvalue weighted by Crippen LogP contribution is -2.22. The number of aryl methyl sites for hydroxylation is 1. The molecular formula is C13H17N3O3S2. The molecule has 1 saturated carbocycles. The minimum absolute atomic E-state index is 0.106. The average molecular weight is 327 g/mol. The first-order chi connectivity index (χ1) is 10.0. The predicted octanol–water partition coefficient (Wildman–Crippen LogP) is 1.78. The van der Waals surface area contributed by atoms with E-state index in [1.807, 2.05) is 6.92 Å². The molecule has 114 valence electrons. The third kappa shape index (κ3) is 3.70. The first-order valence-corrected chi connectivity index (χ1v) is 9.06. The predicted molar refractivity (Wildman–Crippen MR) is 79.4 cm³/mol. The lowest BCUT2D eigenvalue weighted by atomic mass is 10.3. The summed E-state index contributed by atoms with van der Waals surface area (Å²) >= 11 is 1.31. The Bertz CT molecular complexity index is 703. The van der Waals surface area contributed by atoms with E-state index in [4.69, 9.17) is 4.52 Å². The monoisotopic (exact) mass is 327 g/mol. The molecule has 0 saturated heterocycles. The maximum Gasteiger partial charge on any atom is 0.250 e. The number of aromatic nitrogens is 1. The molecule has 2 heterocycles. The normalized spacial score (nSPS) is 15.5. The van der Waals surface area contributed by atoms with Gasteiger partial charge in [-0.1, -0.05) is 5.16 Å². The van der Waals surface area contributed by atoms with Gasteiger partial charge in [-0.15, -0.1) is 11.3 Å². The highest BCUT2D eigenvalue weighted by molar-refractivity contribution is 7.91. The van der Waals surface area contributed by atoms with Crippen molar-refractivity contribution in [3.05, 3.63) is 34.5 Å². The van der Waals surface area contributed by atoms with Gasteiger partial charge in [0.25, 0.3) is 0 Å². The van der Waals surface area contributed by atoms with Crippen LogP contribution in [0, 0.1) is 6.92 Å². The minimum Gasteiger partial charge on any atom is -0.360 e. The zero-order chi connectivity index (χ0) is 14.9. The molecule has 0 spiro atoms. The first-order valence-electron chi connectivity index (χ1n) is 6.76. The largest absolute Gasteiger partial charge is 0.360 e. The van der Waals surface area contributed by atoms with Crippen LogP contribution in [0.25, 0.3) is 0 Å². The number of hydrogen-bond acceptors (Lipinski definition) is 6. The van der Waals surface area contributed by atoms with Gasteiger partial charge in [-0.25, -0.2) is 13.1 Å². The maximum absolute atomic E-state index is 12.3. The highest BCUT2D eigenvalue weighted by Crippen LogP contribution is 2.27. The fraction of sp³-hybridized carbons (Fsp3) is 0.462. The molecule has 0 radical (unpaired) electrons. The van der Waals surface area contributed by atoms with Crippen molar-refractivity contribution in [2.24, 2.45) is 0 Å². The third-order valence-corrected chi connectivity index (χ3v) is 6.43. The van der Waals surface area contributed by atoms with Crippen LogP contribution in [-0.4, -0.2) is 19.6 Å². The van der Waals surface area contributed by atoms with E-state index in [-0.39, 0.29) is 6.54 Å². The summed E-state index contributed by atoms with van der Waals surface area (Å²) in [6.45, 7) is 2.78. The highest BCUT2D eigenvalue weighted by atomic mass is 32.2. The Hall–Kier alpha value is -1.22. The molecule has 0 bridgehead atoms. The van der Waals surface area contributed by atoms with Gasteiger partial charge >= 0.3 is 0 Å². The molecule has 21 heavy (non-hydrogen) atoms. The van der Waals surface area contributed by atoms with E-state index < -0.39 is 10.0 Å². The Morgan fingerprint density at radius 3 is 2.90 bits per heavy atom. The van der Waals surface area contributed by atoms with E-state index in [9.17, 15) is 8.42 Å². The molecule has 1 aliphatic carbocycles. The summed E-state index contributed by atoms with van der Waals surface area (Å²) in [7, 11) is -3.51. The van der Waals surface area contributed by atoms with Crippen molar-refractivity contribution in [2.75, 3.05) is 0 Å². The second kappa shape index (κ2) is 5.88. The molecule has 3 rings (SSSR count). The Morgan fingerprint density at radius 2 is 2.24 bits per heavy atom. The summed E-state index contributed by atoms with van der Waals surface area (Å²) in [6, 6.07) is 3.96. The lowest BCUT2D eigenvalue weighted by Gasteiger charge is -2.02. The van der Waals surface area contributed by atoms with Crippen molar-refractivity contribution >= 4 is 21.4 Å². The third-order valence-electron chi connectivity index (χ3n) is 3.32. The van der Waals surface area contributed by atoms with Gasteiger partial charge in [-0.3, -0.25) is 0 Å². The summed E-state index contributed by atoms with van der Waals surface area (Å²) in [5, 5.41) is 6.95. The van der Waals surface area contributed by atoms with Crippen molar-refractivity contribution in [2.45, 2.75) is 43.1 Å². The molecule has 0 atom stereocenters. The second-order valence-electron chi connectivity index (χ2n) is 5.13. The summed E-state index contributed by atoms with van der Waals surface area (Å²) in [5.41, 5.74) is 1.01. The molecule has 6 nitrogen and oxygen atoms in total. The fourth-order valence-electron chi connectivity index (χ4n) is 1.89. The van der Waals surface area contributed by atoms with Crippen molar-refractivity contribution in [1.82, 2.24) is 15.2 Å². The summed E-state index contributed by atoms with van der Waals surface area (Å²) in [4.78, 5) is 1.07. The van der Waals surface area contributed by atoms with Gasteiger partial charge in [-0.2, -0.15) is 0 Å².